The van der Waals surface area contributed by atoms with Crippen LogP contribution in [0.3, 0.4) is 0 Å². The first kappa shape index (κ1) is 33.2. The highest BCUT2D eigenvalue weighted by molar-refractivity contribution is 6.30. The lowest BCUT2D eigenvalue weighted by molar-refractivity contribution is -0.140. The lowest BCUT2D eigenvalue weighted by Crippen LogP contribution is -2.65. The van der Waals surface area contributed by atoms with E-state index < -0.39 is 11.6 Å². The van der Waals surface area contributed by atoms with E-state index in [1.165, 1.54) is 6.42 Å². The smallest absolute Gasteiger partial charge is 0.245 e. The number of halogens is 1. The van der Waals surface area contributed by atoms with Crippen molar-refractivity contribution in [3.8, 4) is 0 Å². The molecular weight excluding hydrogens is 610 g/mol. The van der Waals surface area contributed by atoms with E-state index in [0.717, 1.165) is 54.4 Å². The fraction of sp³-hybridized carbons (Fsp3) is 0.447. The van der Waals surface area contributed by atoms with Gasteiger partial charge >= 0.3 is 0 Å². The molecule has 9 heteroatoms. The van der Waals surface area contributed by atoms with Crippen molar-refractivity contribution in [1.82, 2.24) is 20.4 Å². The maximum absolute atomic E-state index is 14.3. The zero-order valence-corrected chi connectivity index (χ0v) is 28.0. The quantitative estimate of drug-likeness (QED) is 0.304. The van der Waals surface area contributed by atoms with Crippen molar-refractivity contribution in [3.05, 3.63) is 106 Å². The third kappa shape index (κ3) is 6.96. The molecule has 3 atom stereocenters. The van der Waals surface area contributed by atoms with E-state index in [2.05, 4.69) is 27.7 Å². The molecule has 2 fully saturated rings. The SMILES string of the molecule is CC(=O)NC(c1ccccc1)C1(N2CCN(C(=O)C(Cc3ccc(Cl)cc3)NC(=O)C3(N)CCc4ccccc43)CC2)CCCCC1. The van der Waals surface area contributed by atoms with E-state index >= 15 is 0 Å². The van der Waals surface area contributed by atoms with Gasteiger partial charge in [-0.2, -0.15) is 0 Å². The summed E-state index contributed by atoms with van der Waals surface area (Å²) < 4.78 is 0. The van der Waals surface area contributed by atoms with Gasteiger partial charge in [0.1, 0.15) is 11.6 Å². The molecule has 6 rings (SSSR count). The van der Waals surface area contributed by atoms with Crippen LogP contribution in [0.15, 0.2) is 78.9 Å². The number of nitrogens with one attached hydrogen (secondary N) is 2. The fourth-order valence-corrected chi connectivity index (χ4v) is 8.27. The lowest BCUT2D eigenvalue weighted by Gasteiger charge is -2.54. The Kier molecular flexibility index (Phi) is 10.0. The second kappa shape index (κ2) is 14.2. The molecule has 0 radical (unpaired) electrons. The topological polar surface area (TPSA) is 108 Å². The summed E-state index contributed by atoms with van der Waals surface area (Å²) in [6.45, 7) is 4.03. The van der Waals surface area contributed by atoms with Crippen molar-refractivity contribution in [1.29, 1.82) is 0 Å². The molecule has 0 bridgehead atoms. The number of carbonyl (C=O) groups is 3. The number of rotatable bonds is 9. The average molecular weight is 656 g/mol. The second-order valence-electron chi connectivity index (χ2n) is 13.5. The van der Waals surface area contributed by atoms with Gasteiger partial charge in [-0.1, -0.05) is 97.6 Å². The second-order valence-corrected chi connectivity index (χ2v) is 13.9. The summed E-state index contributed by atoms with van der Waals surface area (Å²) in [5, 5.41) is 7.03. The maximum atomic E-state index is 14.3. The molecule has 2 aliphatic carbocycles. The highest BCUT2D eigenvalue weighted by atomic mass is 35.5. The molecular formula is C38H46ClN5O3. The predicted molar refractivity (Wildman–Crippen MR) is 185 cm³/mol. The van der Waals surface area contributed by atoms with Crippen molar-refractivity contribution >= 4 is 29.3 Å². The molecule has 3 aliphatic rings. The van der Waals surface area contributed by atoms with Crippen LogP contribution in [-0.2, 0) is 32.8 Å². The summed E-state index contributed by atoms with van der Waals surface area (Å²) in [6, 6.07) is 24.6. The Hall–Kier alpha value is -3.72. The highest BCUT2D eigenvalue weighted by Crippen LogP contribution is 2.44. The van der Waals surface area contributed by atoms with Crippen molar-refractivity contribution in [2.75, 3.05) is 26.2 Å². The summed E-state index contributed by atoms with van der Waals surface area (Å²) in [5.74, 6) is -0.474. The van der Waals surface area contributed by atoms with E-state index in [0.29, 0.717) is 44.0 Å². The maximum Gasteiger partial charge on any atom is 0.245 e. The summed E-state index contributed by atoms with van der Waals surface area (Å²) in [4.78, 5) is 45.1. The Morgan fingerprint density at radius 3 is 2.17 bits per heavy atom. The van der Waals surface area contributed by atoms with Crippen LogP contribution < -0.4 is 16.4 Å². The minimum atomic E-state index is -1.18. The van der Waals surface area contributed by atoms with Gasteiger partial charge in [0.25, 0.3) is 0 Å². The molecule has 1 aliphatic heterocycles. The summed E-state index contributed by atoms with van der Waals surface area (Å²) in [5.41, 5.74) is 9.29. The molecule has 1 saturated carbocycles. The third-order valence-electron chi connectivity index (χ3n) is 10.6. The number of hydrogen-bond acceptors (Lipinski definition) is 5. The van der Waals surface area contributed by atoms with Gasteiger partial charge in [-0.3, -0.25) is 19.3 Å². The molecule has 1 saturated heterocycles. The van der Waals surface area contributed by atoms with Crippen LogP contribution in [0.2, 0.25) is 5.02 Å². The van der Waals surface area contributed by atoms with Crippen LogP contribution in [0.25, 0.3) is 0 Å². The fourth-order valence-electron chi connectivity index (χ4n) is 8.14. The zero-order valence-electron chi connectivity index (χ0n) is 27.2. The van der Waals surface area contributed by atoms with E-state index in [1.54, 1.807) is 19.1 Å². The Balaban J connectivity index is 1.22. The van der Waals surface area contributed by atoms with E-state index in [1.807, 2.05) is 59.5 Å². The van der Waals surface area contributed by atoms with Gasteiger partial charge < -0.3 is 21.3 Å². The summed E-state index contributed by atoms with van der Waals surface area (Å²) >= 11 is 6.16. The Morgan fingerprint density at radius 1 is 0.830 bits per heavy atom. The van der Waals surface area contributed by atoms with E-state index in [9.17, 15) is 14.4 Å². The Bertz CT molecular complexity index is 1570. The number of hydrogen-bond donors (Lipinski definition) is 3. The molecule has 3 aromatic rings. The molecule has 3 amide bonds. The monoisotopic (exact) mass is 655 g/mol. The van der Waals surface area contributed by atoms with Crippen LogP contribution in [0.1, 0.15) is 73.7 Å². The van der Waals surface area contributed by atoms with Crippen LogP contribution in [0.4, 0.5) is 0 Å². The highest BCUT2D eigenvalue weighted by Gasteiger charge is 2.48. The first-order valence-electron chi connectivity index (χ1n) is 17.0. The van der Waals surface area contributed by atoms with Gasteiger partial charge in [0.15, 0.2) is 0 Å². The first-order chi connectivity index (χ1) is 22.7. The molecule has 47 heavy (non-hydrogen) atoms. The standard InChI is InChI=1S/C38H46ClN5O3/c1-27(45)41-34(30-11-4-2-5-12-30)37(19-8-3-9-20-37)44-24-22-43(23-25-44)35(46)33(26-28-14-16-31(39)17-15-28)42-36(47)38(40)21-18-29-10-6-7-13-32(29)38/h2,4-7,10-17,33-34H,3,8-9,18-26,40H2,1H3,(H,41,45)(H,42,47). The number of carbonyl (C=O) groups excluding carboxylic acids is 3. The van der Waals surface area contributed by atoms with Gasteiger partial charge in [0.2, 0.25) is 17.7 Å². The predicted octanol–water partition coefficient (Wildman–Crippen LogP) is 4.89. The van der Waals surface area contributed by atoms with Crippen molar-refractivity contribution in [3.63, 3.8) is 0 Å². The van der Waals surface area contributed by atoms with Gasteiger partial charge in [-0.05, 0) is 60.1 Å². The number of nitrogens with two attached hydrogens (primary N) is 1. The lowest BCUT2D eigenvalue weighted by atomic mass is 9.72. The number of amides is 3. The van der Waals surface area contributed by atoms with Crippen LogP contribution in [0, 0.1) is 0 Å². The van der Waals surface area contributed by atoms with Gasteiger partial charge in [-0.25, -0.2) is 0 Å². The number of piperazine rings is 1. The minimum absolute atomic E-state index is 0.0408. The van der Waals surface area contributed by atoms with Crippen LogP contribution in [-0.4, -0.2) is 65.3 Å². The number of nitrogens with zero attached hydrogens (tertiary/aromatic N) is 2. The summed E-state index contributed by atoms with van der Waals surface area (Å²) in [7, 11) is 0. The number of aryl methyl sites for hydroxylation is 1. The van der Waals surface area contributed by atoms with Crippen molar-refractivity contribution in [2.45, 2.75) is 81.5 Å². The van der Waals surface area contributed by atoms with Gasteiger partial charge in [-0.15, -0.1) is 0 Å². The van der Waals surface area contributed by atoms with Gasteiger partial charge in [0, 0.05) is 50.1 Å². The van der Waals surface area contributed by atoms with Crippen molar-refractivity contribution in [2.24, 2.45) is 5.73 Å². The first-order valence-corrected chi connectivity index (χ1v) is 17.4. The number of fused-ring (bicyclic) bond motifs is 1. The van der Waals surface area contributed by atoms with E-state index in [-0.39, 0.29) is 29.3 Å². The largest absolute Gasteiger partial charge is 0.348 e. The van der Waals surface area contributed by atoms with Crippen LogP contribution >= 0.6 is 11.6 Å². The Morgan fingerprint density at radius 2 is 1.49 bits per heavy atom. The molecule has 248 valence electrons. The van der Waals surface area contributed by atoms with Gasteiger partial charge in [0.05, 0.1) is 6.04 Å². The molecule has 0 spiro atoms. The van der Waals surface area contributed by atoms with Crippen LogP contribution in [0.5, 0.6) is 0 Å². The molecule has 0 aromatic heterocycles. The number of benzene rings is 3. The zero-order chi connectivity index (χ0) is 33.0. The molecule has 3 aromatic carbocycles. The van der Waals surface area contributed by atoms with E-state index in [4.69, 9.17) is 17.3 Å². The summed E-state index contributed by atoms with van der Waals surface area (Å²) in [6.07, 6.45) is 6.90. The molecule has 1 heterocycles. The van der Waals surface area contributed by atoms with Crippen molar-refractivity contribution < 1.29 is 14.4 Å². The minimum Gasteiger partial charge on any atom is -0.348 e. The third-order valence-corrected chi connectivity index (χ3v) is 10.9. The Labute approximate surface area is 283 Å². The molecule has 8 nitrogen and oxygen atoms in total. The molecule has 3 unspecified atom stereocenters. The normalized spacial score (nSPS) is 22.1. The average Bonchev–Trinajstić information content (AvgIpc) is 3.45. The molecule has 4 N–H and O–H groups in total.